The van der Waals surface area contributed by atoms with Crippen molar-refractivity contribution in [1.82, 2.24) is 15.2 Å². The van der Waals surface area contributed by atoms with E-state index in [0.29, 0.717) is 24.0 Å². The average Bonchev–Trinajstić information content (AvgIpc) is 3.29. The molecule has 0 aliphatic carbocycles. The first-order chi connectivity index (χ1) is 10.8. The van der Waals surface area contributed by atoms with Gasteiger partial charge in [0, 0.05) is 37.4 Å². The number of nitrogens with zero attached hydrogens (tertiary/aromatic N) is 3. The van der Waals surface area contributed by atoms with Crippen LogP contribution >= 0.6 is 35.3 Å². The van der Waals surface area contributed by atoms with E-state index in [0.717, 1.165) is 37.7 Å². The largest absolute Gasteiger partial charge is 0.374 e. The van der Waals surface area contributed by atoms with Crippen LogP contribution in [0.5, 0.6) is 0 Å². The summed E-state index contributed by atoms with van der Waals surface area (Å²) < 4.78 is 6.05. The lowest BCUT2D eigenvalue weighted by atomic mass is 9.82. The smallest absolute Gasteiger partial charge is 0.193 e. The van der Waals surface area contributed by atoms with Crippen LogP contribution in [0.25, 0.3) is 0 Å². The summed E-state index contributed by atoms with van der Waals surface area (Å²) in [6.07, 6.45) is 4.53. The molecule has 1 N–H and O–H groups in total. The Morgan fingerprint density at radius 2 is 2.09 bits per heavy atom. The molecule has 7 heteroatoms. The van der Waals surface area contributed by atoms with Gasteiger partial charge in [0.2, 0.25) is 0 Å². The Labute approximate surface area is 158 Å². The van der Waals surface area contributed by atoms with Crippen LogP contribution in [-0.4, -0.2) is 48.2 Å². The van der Waals surface area contributed by atoms with E-state index in [2.05, 4.69) is 32.5 Å². The molecule has 23 heavy (non-hydrogen) atoms. The molecule has 128 valence electrons. The number of ether oxygens (including phenoxy) is 1. The van der Waals surface area contributed by atoms with Crippen molar-refractivity contribution >= 4 is 41.3 Å². The molecule has 1 aromatic heterocycles. The van der Waals surface area contributed by atoms with Crippen molar-refractivity contribution < 1.29 is 4.74 Å². The number of hydrogen-bond donors (Lipinski definition) is 1. The van der Waals surface area contributed by atoms with Gasteiger partial charge in [-0.3, -0.25) is 4.99 Å². The fraction of sp³-hybridized carbons (Fsp3) is 0.750. The van der Waals surface area contributed by atoms with Crippen LogP contribution < -0.4 is 5.32 Å². The van der Waals surface area contributed by atoms with Gasteiger partial charge in [-0.2, -0.15) is 0 Å². The maximum atomic E-state index is 6.05. The van der Waals surface area contributed by atoms with Crippen LogP contribution in [0, 0.1) is 11.8 Å². The van der Waals surface area contributed by atoms with Gasteiger partial charge in [-0.1, -0.05) is 6.92 Å². The highest BCUT2D eigenvalue weighted by atomic mass is 127. The number of hydrogen-bond acceptors (Lipinski definition) is 4. The molecule has 4 atom stereocenters. The van der Waals surface area contributed by atoms with Crippen molar-refractivity contribution in [3.05, 3.63) is 16.1 Å². The fourth-order valence-electron chi connectivity index (χ4n) is 4.23. The molecule has 5 nitrogen and oxygen atoms in total. The summed E-state index contributed by atoms with van der Waals surface area (Å²) in [5, 5.41) is 6.83. The van der Waals surface area contributed by atoms with Crippen molar-refractivity contribution in [2.24, 2.45) is 16.8 Å². The number of fused-ring (bicyclic) bond motifs is 5. The number of likely N-dealkylation sites (tertiary alicyclic amines) is 1. The van der Waals surface area contributed by atoms with Gasteiger partial charge in [-0.15, -0.1) is 35.3 Å². The lowest BCUT2D eigenvalue weighted by Crippen LogP contribution is -2.41. The zero-order chi connectivity index (χ0) is 15.1. The number of nitrogens with one attached hydrogen (secondary N) is 1. The van der Waals surface area contributed by atoms with Crippen LogP contribution in [0.3, 0.4) is 0 Å². The first kappa shape index (κ1) is 17.4. The molecule has 3 aliphatic heterocycles. The van der Waals surface area contributed by atoms with Crippen LogP contribution in [0.4, 0.5) is 0 Å². The molecule has 3 fully saturated rings. The van der Waals surface area contributed by atoms with E-state index in [9.17, 15) is 0 Å². The standard InChI is InChI=1S/C16H24N4OS.HI/c1-3-15-19-10(9-22-15)6-18-16(17-2)20-7-11-12(8-20)14-5-4-13(11)21-14;/h9,11-14H,3-8H2,1-2H3,(H,17,18);1H. The number of aromatic nitrogens is 1. The number of halogens is 1. The molecule has 0 saturated carbocycles. The molecule has 0 spiro atoms. The molecule has 3 saturated heterocycles. The number of aryl methyl sites for hydroxylation is 1. The van der Waals surface area contributed by atoms with Gasteiger partial charge < -0.3 is 15.0 Å². The Kier molecular flexibility index (Phi) is 5.47. The molecule has 4 unspecified atom stereocenters. The third kappa shape index (κ3) is 3.24. The first-order valence-electron chi connectivity index (χ1n) is 8.32. The zero-order valence-corrected chi connectivity index (χ0v) is 16.8. The second-order valence-electron chi connectivity index (χ2n) is 6.51. The normalized spacial score (nSPS) is 32.1. The van der Waals surface area contributed by atoms with Gasteiger partial charge in [0.25, 0.3) is 0 Å². The molecule has 0 aromatic carbocycles. The van der Waals surface area contributed by atoms with Crippen molar-refractivity contribution in [3.63, 3.8) is 0 Å². The molecule has 4 rings (SSSR count). The minimum Gasteiger partial charge on any atom is -0.374 e. The van der Waals surface area contributed by atoms with Crippen LogP contribution in [0.1, 0.15) is 30.5 Å². The third-order valence-electron chi connectivity index (χ3n) is 5.29. The van der Waals surface area contributed by atoms with Crippen molar-refractivity contribution in [3.8, 4) is 0 Å². The summed E-state index contributed by atoms with van der Waals surface area (Å²) >= 11 is 1.74. The van der Waals surface area contributed by atoms with Gasteiger partial charge in [-0.25, -0.2) is 4.98 Å². The van der Waals surface area contributed by atoms with Gasteiger partial charge in [0.1, 0.15) is 0 Å². The second kappa shape index (κ2) is 7.23. The van der Waals surface area contributed by atoms with E-state index in [1.165, 1.54) is 17.8 Å². The lowest BCUT2D eigenvalue weighted by molar-refractivity contribution is 0.0767. The van der Waals surface area contributed by atoms with Gasteiger partial charge in [0.15, 0.2) is 5.96 Å². The summed E-state index contributed by atoms with van der Waals surface area (Å²) in [6, 6.07) is 0. The number of guanidine groups is 1. The van der Waals surface area contributed by atoms with E-state index in [1.807, 2.05) is 7.05 Å². The van der Waals surface area contributed by atoms with Gasteiger partial charge in [0.05, 0.1) is 29.5 Å². The average molecular weight is 448 g/mol. The topological polar surface area (TPSA) is 49.8 Å². The Morgan fingerprint density at radius 1 is 1.39 bits per heavy atom. The van der Waals surface area contributed by atoms with E-state index >= 15 is 0 Å². The monoisotopic (exact) mass is 448 g/mol. The van der Waals surface area contributed by atoms with Crippen molar-refractivity contribution in [2.45, 2.75) is 44.9 Å². The molecule has 2 bridgehead atoms. The highest BCUT2D eigenvalue weighted by Gasteiger charge is 2.53. The van der Waals surface area contributed by atoms with Crippen LogP contribution in [0.15, 0.2) is 10.4 Å². The Hall–Kier alpha value is -0.410. The summed E-state index contributed by atoms with van der Waals surface area (Å²) in [4.78, 5) is 11.5. The zero-order valence-electron chi connectivity index (χ0n) is 13.7. The summed E-state index contributed by atoms with van der Waals surface area (Å²) in [5.41, 5.74) is 1.12. The minimum absolute atomic E-state index is 0. The summed E-state index contributed by atoms with van der Waals surface area (Å²) in [5.74, 6) is 2.44. The number of thiazole rings is 1. The summed E-state index contributed by atoms with van der Waals surface area (Å²) in [7, 11) is 1.88. The SMILES string of the molecule is CCc1nc(CNC(=NC)N2CC3C4CCC(O4)C3C2)cs1.I. The Morgan fingerprint density at radius 3 is 2.65 bits per heavy atom. The molecule has 0 amide bonds. The quantitative estimate of drug-likeness (QED) is 0.439. The lowest BCUT2D eigenvalue weighted by Gasteiger charge is -2.23. The van der Waals surface area contributed by atoms with E-state index < -0.39 is 0 Å². The highest BCUT2D eigenvalue weighted by molar-refractivity contribution is 14.0. The molecule has 0 radical (unpaired) electrons. The second-order valence-corrected chi connectivity index (χ2v) is 7.45. The molecule has 4 heterocycles. The van der Waals surface area contributed by atoms with Gasteiger partial charge in [-0.05, 0) is 19.3 Å². The Balaban J connectivity index is 0.00000156. The van der Waals surface area contributed by atoms with E-state index in [-0.39, 0.29) is 24.0 Å². The maximum Gasteiger partial charge on any atom is 0.193 e. The third-order valence-corrected chi connectivity index (χ3v) is 6.34. The summed E-state index contributed by atoms with van der Waals surface area (Å²) in [6.45, 7) is 5.08. The molecule has 1 aromatic rings. The number of aliphatic imine (C=N–C) groups is 1. The molecular weight excluding hydrogens is 423 g/mol. The Bertz CT molecular complexity index is 560. The first-order valence-corrected chi connectivity index (χ1v) is 9.20. The van der Waals surface area contributed by atoms with E-state index in [4.69, 9.17) is 4.74 Å². The predicted molar refractivity (Wildman–Crippen MR) is 104 cm³/mol. The molecule has 3 aliphatic rings. The van der Waals surface area contributed by atoms with E-state index in [1.54, 1.807) is 11.3 Å². The van der Waals surface area contributed by atoms with Gasteiger partial charge >= 0.3 is 0 Å². The predicted octanol–water partition coefficient (Wildman–Crippen LogP) is 2.51. The minimum atomic E-state index is 0. The fourth-order valence-corrected chi connectivity index (χ4v) is 4.97. The maximum absolute atomic E-state index is 6.05. The van der Waals surface area contributed by atoms with Crippen LogP contribution in [0.2, 0.25) is 0 Å². The number of rotatable bonds is 3. The highest BCUT2D eigenvalue weighted by Crippen LogP contribution is 2.47. The van der Waals surface area contributed by atoms with Crippen LogP contribution in [-0.2, 0) is 17.7 Å². The van der Waals surface area contributed by atoms with Crippen molar-refractivity contribution in [2.75, 3.05) is 20.1 Å². The molecular formula is C16H25IN4OS. The van der Waals surface area contributed by atoms with Crippen molar-refractivity contribution in [1.29, 1.82) is 0 Å².